The second kappa shape index (κ2) is 8.45. The van der Waals surface area contributed by atoms with Crippen molar-refractivity contribution >= 4 is 38.7 Å². The van der Waals surface area contributed by atoms with Gasteiger partial charge in [-0.2, -0.15) is 13.5 Å². The van der Waals surface area contributed by atoms with Crippen LogP contribution in [0, 0.1) is 6.92 Å². The number of benzene rings is 2. The fourth-order valence-electron chi connectivity index (χ4n) is 3.90. The molecule has 0 saturated carbocycles. The van der Waals surface area contributed by atoms with E-state index in [1.54, 1.807) is 16.8 Å². The molecule has 0 atom stereocenters. The number of amides is 1. The Labute approximate surface area is 195 Å². The first-order chi connectivity index (χ1) is 15.6. The molecule has 172 valence electrons. The van der Waals surface area contributed by atoms with Gasteiger partial charge in [-0.05, 0) is 55.0 Å². The van der Waals surface area contributed by atoms with Crippen molar-refractivity contribution in [2.75, 3.05) is 7.11 Å². The zero-order valence-corrected chi connectivity index (χ0v) is 19.6. The number of hydrogen-bond donors (Lipinski definition) is 1. The Kier molecular flexibility index (Phi) is 5.81. The molecule has 0 aliphatic carbocycles. The second-order valence-corrected chi connectivity index (χ2v) is 9.36. The van der Waals surface area contributed by atoms with Gasteiger partial charge in [-0.3, -0.25) is 4.68 Å². The number of rotatable bonds is 6. The number of nitrogens with two attached hydrogens (primary N) is 1. The van der Waals surface area contributed by atoms with Crippen LogP contribution in [0.2, 0.25) is 5.02 Å². The van der Waals surface area contributed by atoms with E-state index in [1.807, 2.05) is 42.9 Å². The quantitative estimate of drug-likeness (QED) is 0.413. The Bertz CT molecular complexity index is 1490. The number of carbonyl (C=O) groups excluding carboxylic acids is 1. The molecule has 0 spiro atoms. The summed E-state index contributed by atoms with van der Waals surface area (Å²) in [4.78, 5) is 11.0. The average Bonchev–Trinajstić information content (AvgIpc) is 3.26. The SMILES string of the molecule is COc1ccc(S(=O)(=O)OC(N)=O)c(Cc2c(C)nn(C)c2-n2ccc3cc(Cl)ccc32)c1. The number of aryl methyl sites for hydroxylation is 2. The minimum atomic E-state index is -4.43. The minimum Gasteiger partial charge on any atom is -0.497 e. The van der Waals surface area contributed by atoms with Crippen molar-refractivity contribution < 1.29 is 22.1 Å². The maximum atomic E-state index is 12.7. The highest BCUT2D eigenvalue weighted by atomic mass is 35.5. The van der Waals surface area contributed by atoms with Crippen molar-refractivity contribution in [3.05, 3.63) is 70.5 Å². The third-order valence-corrected chi connectivity index (χ3v) is 6.85. The van der Waals surface area contributed by atoms with Gasteiger partial charge in [0.2, 0.25) is 0 Å². The number of fused-ring (bicyclic) bond motifs is 1. The molecular formula is C22H21ClN4O5S. The fourth-order valence-corrected chi connectivity index (χ4v) is 5.08. The number of ether oxygens (including phenoxy) is 1. The first-order valence-electron chi connectivity index (χ1n) is 9.81. The highest BCUT2D eigenvalue weighted by molar-refractivity contribution is 7.87. The number of hydrogen-bond acceptors (Lipinski definition) is 6. The average molecular weight is 489 g/mol. The summed E-state index contributed by atoms with van der Waals surface area (Å²) >= 11 is 6.13. The molecule has 2 aromatic heterocycles. The molecule has 0 bridgehead atoms. The van der Waals surface area contributed by atoms with Crippen LogP contribution >= 0.6 is 11.6 Å². The first kappa shape index (κ1) is 22.7. The molecule has 0 saturated heterocycles. The van der Waals surface area contributed by atoms with Crippen LogP contribution < -0.4 is 10.5 Å². The molecule has 2 aromatic carbocycles. The summed E-state index contributed by atoms with van der Waals surface area (Å²) in [6.45, 7) is 1.84. The van der Waals surface area contributed by atoms with Gasteiger partial charge in [0.25, 0.3) is 0 Å². The minimum absolute atomic E-state index is 0.177. The lowest BCUT2D eigenvalue weighted by molar-refractivity contribution is 0.212. The van der Waals surface area contributed by atoms with Crippen molar-refractivity contribution in [1.82, 2.24) is 14.3 Å². The molecule has 2 N–H and O–H groups in total. The van der Waals surface area contributed by atoms with Gasteiger partial charge in [0, 0.05) is 35.6 Å². The monoisotopic (exact) mass is 488 g/mol. The molecule has 11 heteroatoms. The molecule has 0 fully saturated rings. The van der Waals surface area contributed by atoms with E-state index < -0.39 is 16.2 Å². The Morgan fingerprint density at radius 3 is 2.64 bits per heavy atom. The topological polar surface area (TPSA) is 118 Å². The molecular weight excluding hydrogens is 468 g/mol. The highest BCUT2D eigenvalue weighted by Gasteiger charge is 2.25. The Balaban J connectivity index is 1.88. The van der Waals surface area contributed by atoms with Crippen molar-refractivity contribution in [3.8, 4) is 11.6 Å². The van der Waals surface area contributed by atoms with Gasteiger partial charge in [-0.15, -0.1) is 0 Å². The molecule has 0 radical (unpaired) electrons. The van der Waals surface area contributed by atoms with E-state index >= 15 is 0 Å². The number of primary amides is 1. The summed E-state index contributed by atoms with van der Waals surface area (Å²) in [6, 6.07) is 11.9. The summed E-state index contributed by atoms with van der Waals surface area (Å²) in [5.74, 6) is 1.21. The number of nitrogens with zero attached hydrogens (tertiary/aromatic N) is 3. The van der Waals surface area contributed by atoms with Gasteiger partial charge in [0.05, 0.1) is 18.3 Å². The smallest absolute Gasteiger partial charge is 0.420 e. The van der Waals surface area contributed by atoms with Crippen molar-refractivity contribution in [2.45, 2.75) is 18.2 Å². The zero-order valence-electron chi connectivity index (χ0n) is 18.1. The highest BCUT2D eigenvalue weighted by Crippen LogP contribution is 2.31. The molecule has 0 unspecified atom stereocenters. The zero-order chi connectivity index (χ0) is 23.9. The van der Waals surface area contributed by atoms with E-state index in [0.717, 1.165) is 22.3 Å². The number of halogens is 1. The lowest BCUT2D eigenvalue weighted by atomic mass is 10.0. The standard InChI is InChI=1S/C22H21ClN4O5S/c1-13-18(12-15-11-17(31-3)5-7-20(15)33(29,30)32-22(24)28)21(26(2)25-13)27-9-8-14-10-16(23)4-6-19(14)27/h4-11H,12H2,1-3H3,(H2,24,28). The third-order valence-electron chi connectivity index (χ3n) is 5.29. The molecule has 9 nitrogen and oxygen atoms in total. The maximum absolute atomic E-state index is 12.7. The second-order valence-electron chi connectivity index (χ2n) is 7.41. The van der Waals surface area contributed by atoms with Gasteiger partial charge in [-0.1, -0.05) is 11.6 Å². The van der Waals surface area contributed by atoms with Crippen LogP contribution in [-0.4, -0.2) is 36.0 Å². The van der Waals surface area contributed by atoms with Crippen molar-refractivity contribution in [3.63, 3.8) is 0 Å². The predicted octanol–water partition coefficient (Wildman–Crippen LogP) is 3.71. The van der Waals surface area contributed by atoms with E-state index in [9.17, 15) is 13.2 Å². The van der Waals surface area contributed by atoms with E-state index in [-0.39, 0.29) is 11.3 Å². The Hall–Kier alpha value is -3.50. The molecule has 2 heterocycles. The van der Waals surface area contributed by atoms with E-state index in [4.69, 9.17) is 22.1 Å². The lowest BCUT2D eigenvalue weighted by Gasteiger charge is -2.14. The molecule has 4 aromatic rings. The summed E-state index contributed by atoms with van der Waals surface area (Å²) in [5.41, 5.74) is 7.75. The molecule has 0 aliphatic rings. The van der Waals surface area contributed by atoms with Gasteiger partial charge in [-0.25, -0.2) is 4.79 Å². The number of aromatic nitrogens is 3. The molecule has 0 aliphatic heterocycles. The van der Waals surface area contributed by atoms with Crippen LogP contribution in [-0.2, 0) is 27.8 Å². The largest absolute Gasteiger partial charge is 0.497 e. The summed E-state index contributed by atoms with van der Waals surface area (Å²) in [5, 5.41) is 6.13. The molecule has 1 amide bonds. The van der Waals surface area contributed by atoms with Crippen molar-refractivity contribution in [2.24, 2.45) is 12.8 Å². The molecule has 33 heavy (non-hydrogen) atoms. The van der Waals surface area contributed by atoms with E-state index in [0.29, 0.717) is 22.0 Å². The van der Waals surface area contributed by atoms with Crippen molar-refractivity contribution in [1.29, 1.82) is 0 Å². The predicted molar refractivity (Wildman–Crippen MR) is 123 cm³/mol. The number of carbonyl (C=O) groups is 1. The van der Waals surface area contributed by atoms with Crippen LogP contribution in [0.4, 0.5) is 4.79 Å². The lowest BCUT2D eigenvalue weighted by Crippen LogP contribution is -2.20. The first-order valence-corrected chi connectivity index (χ1v) is 11.6. The maximum Gasteiger partial charge on any atom is 0.420 e. The number of methoxy groups -OCH3 is 1. The van der Waals surface area contributed by atoms with Gasteiger partial charge in [0.1, 0.15) is 16.5 Å². The van der Waals surface area contributed by atoms with Crippen LogP contribution in [0.1, 0.15) is 16.8 Å². The summed E-state index contributed by atoms with van der Waals surface area (Å²) in [7, 11) is -1.14. The van der Waals surface area contributed by atoms with Crippen LogP contribution in [0.15, 0.2) is 53.6 Å². The van der Waals surface area contributed by atoms with E-state index in [2.05, 4.69) is 9.28 Å². The Morgan fingerprint density at radius 1 is 1.18 bits per heavy atom. The van der Waals surface area contributed by atoms with E-state index in [1.165, 1.54) is 19.2 Å². The fraction of sp³-hybridized carbons (Fsp3) is 0.182. The third kappa shape index (κ3) is 4.27. The normalized spacial score (nSPS) is 11.6. The van der Waals surface area contributed by atoms with Crippen LogP contribution in [0.5, 0.6) is 5.75 Å². The Morgan fingerprint density at radius 2 is 1.94 bits per heavy atom. The van der Waals surface area contributed by atoms with Gasteiger partial charge < -0.3 is 19.2 Å². The summed E-state index contributed by atoms with van der Waals surface area (Å²) < 4.78 is 38.7. The van der Waals surface area contributed by atoms with Gasteiger partial charge in [0.15, 0.2) is 0 Å². The summed E-state index contributed by atoms with van der Waals surface area (Å²) in [6.07, 6.45) is 0.670. The molecule has 4 rings (SSSR count). The van der Waals surface area contributed by atoms with Gasteiger partial charge >= 0.3 is 16.2 Å². The van der Waals surface area contributed by atoms with Crippen LogP contribution in [0.25, 0.3) is 16.7 Å². The van der Waals surface area contributed by atoms with Crippen LogP contribution in [0.3, 0.4) is 0 Å².